The van der Waals surface area contributed by atoms with Gasteiger partial charge in [-0.25, -0.2) is 4.68 Å². The first kappa shape index (κ1) is 14.4. The zero-order valence-electron chi connectivity index (χ0n) is 12.2. The van der Waals surface area contributed by atoms with Gasteiger partial charge in [-0.15, -0.1) is 0 Å². The summed E-state index contributed by atoms with van der Waals surface area (Å²) in [6, 6.07) is 8.79. The number of anilines is 1. The van der Waals surface area contributed by atoms with Gasteiger partial charge in [0.15, 0.2) is 0 Å². The van der Waals surface area contributed by atoms with Crippen molar-refractivity contribution in [3.05, 3.63) is 41.7 Å². The minimum Gasteiger partial charge on any atom is -0.381 e. The molecule has 21 heavy (non-hydrogen) atoms. The van der Waals surface area contributed by atoms with Crippen molar-refractivity contribution < 1.29 is 0 Å². The van der Waals surface area contributed by atoms with Crippen molar-refractivity contribution in [3.63, 3.8) is 0 Å². The summed E-state index contributed by atoms with van der Waals surface area (Å²) in [5.74, 6) is 0. The summed E-state index contributed by atoms with van der Waals surface area (Å²) in [6.07, 6.45) is 7.40. The zero-order valence-corrected chi connectivity index (χ0v) is 13.0. The number of halogens is 1. The van der Waals surface area contributed by atoms with Crippen LogP contribution in [0, 0.1) is 0 Å². The quantitative estimate of drug-likeness (QED) is 0.889. The first-order valence-corrected chi connectivity index (χ1v) is 7.89. The molecule has 1 aliphatic heterocycles. The van der Waals surface area contributed by atoms with E-state index in [4.69, 9.17) is 11.6 Å². The van der Waals surface area contributed by atoms with Crippen molar-refractivity contribution >= 4 is 17.3 Å². The minimum atomic E-state index is 0.383. The van der Waals surface area contributed by atoms with Gasteiger partial charge < -0.3 is 10.6 Å². The van der Waals surface area contributed by atoms with Crippen molar-refractivity contribution in [2.45, 2.75) is 38.3 Å². The highest BCUT2D eigenvalue weighted by Gasteiger charge is 2.18. The summed E-state index contributed by atoms with van der Waals surface area (Å²) in [5.41, 5.74) is 2.05. The lowest BCUT2D eigenvalue weighted by molar-refractivity contribution is 0.523. The summed E-state index contributed by atoms with van der Waals surface area (Å²) < 4.78 is 1.86. The molecule has 1 saturated heterocycles. The average Bonchev–Trinajstić information content (AvgIpc) is 3.11. The fraction of sp³-hybridized carbons (Fsp3) is 0.438. The molecule has 0 spiro atoms. The van der Waals surface area contributed by atoms with Crippen LogP contribution in [0.4, 0.5) is 5.69 Å². The number of hydrogen-bond donors (Lipinski definition) is 2. The molecule has 1 fully saturated rings. The Bertz CT molecular complexity index is 576. The summed E-state index contributed by atoms with van der Waals surface area (Å²) >= 11 is 6.15. The molecule has 2 N–H and O–H groups in total. The first-order chi connectivity index (χ1) is 10.2. The number of rotatable bonds is 5. The predicted molar refractivity (Wildman–Crippen MR) is 87.3 cm³/mol. The molecule has 112 valence electrons. The smallest absolute Gasteiger partial charge is 0.0877 e. The third-order valence-electron chi connectivity index (χ3n) is 3.91. The molecule has 4 nitrogen and oxygen atoms in total. The second-order valence-electron chi connectivity index (χ2n) is 5.69. The topological polar surface area (TPSA) is 41.9 Å². The zero-order chi connectivity index (χ0) is 14.7. The molecule has 2 atom stereocenters. The molecule has 3 rings (SSSR count). The Hall–Kier alpha value is -1.52. The lowest BCUT2D eigenvalue weighted by Crippen LogP contribution is -2.29. The molecule has 0 radical (unpaired) electrons. The van der Waals surface area contributed by atoms with Crippen LogP contribution in [0.2, 0.25) is 5.02 Å². The van der Waals surface area contributed by atoms with Gasteiger partial charge in [0.05, 0.1) is 11.4 Å². The molecular formula is C16H21ClN4. The standard InChI is InChI=1S/C16H21ClN4/c1-12(10-14-4-2-7-18-14)20-15-11-13(17)5-6-16(15)21-9-3-8-19-21/h3,5-6,8-9,11-12,14,18,20H,2,4,7,10H2,1H3. The molecule has 1 aliphatic rings. The Kier molecular flexibility index (Phi) is 4.46. The van der Waals surface area contributed by atoms with E-state index in [9.17, 15) is 0 Å². The fourth-order valence-electron chi connectivity index (χ4n) is 2.94. The normalized spacial score (nSPS) is 19.6. The Labute approximate surface area is 130 Å². The Balaban J connectivity index is 1.75. The lowest BCUT2D eigenvalue weighted by atomic mass is 10.1. The number of benzene rings is 1. The minimum absolute atomic E-state index is 0.383. The van der Waals surface area contributed by atoms with Crippen molar-refractivity contribution in [2.24, 2.45) is 0 Å². The molecule has 0 saturated carbocycles. The maximum atomic E-state index is 6.15. The molecule has 0 bridgehead atoms. The van der Waals surface area contributed by atoms with Crippen LogP contribution < -0.4 is 10.6 Å². The van der Waals surface area contributed by atoms with Gasteiger partial charge in [-0.3, -0.25) is 0 Å². The van der Waals surface area contributed by atoms with E-state index >= 15 is 0 Å². The van der Waals surface area contributed by atoms with Gasteiger partial charge in [0.2, 0.25) is 0 Å². The van der Waals surface area contributed by atoms with Crippen molar-refractivity contribution in [1.29, 1.82) is 0 Å². The first-order valence-electron chi connectivity index (χ1n) is 7.52. The van der Waals surface area contributed by atoms with Gasteiger partial charge in [0.25, 0.3) is 0 Å². The Morgan fingerprint density at radius 1 is 1.52 bits per heavy atom. The van der Waals surface area contributed by atoms with Gasteiger partial charge in [0.1, 0.15) is 0 Å². The predicted octanol–water partition coefficient (Wildman–Crippen LogP) is 3.47. The van der Waals surface area contributed by atoms with E-state index in [2.05, 4.69) is 22.7 Å². The summed E-state index contributed by atoms with van der Waals surface area (Å²) in [6.45, 7) is 3.36. The monoisotopic (exact) mass is 304 g/mol. The van der Waals surface area contributed by atoms with E-state index in [-0.39, 0.29) is 0 Å². The third kappa shape index (κ3) is 3.57. The van der Waals surface area contributed by atoms with E-state index in [1.807, 2.05) is 35.1 Å². The second kappa shape index (κ2) is 6.50. The van der Waals surface area contributed by atoms with Gasteiger partial charge in [-0.2, -0.15) is 5.10 Å². The van der Waals surface area contributed by atoms with Gasteiger partial charge >= 0.3 is 0 Å². The van der Waals surface area contributed by atoms with Crippen molar-refractivity contribution in [3.8, 4) is 5.69 Å². The van der Waals surface area contributed by atoms with Crippen LogP contribution >= 0.6 is 11.6 Å². The Morgan fingerprint density at radius 2 is 2.43 bits per heavy atom. The average molecular weight is 305 g/mol. The largest absolute Gasteiger partial charge is 0.381 e. The van der Waals surface area contributed by atoms with Crippen LogP contribution in [0.3, 0.4) is 0 Å². The van der Waals surface area contributed by atoms with E-state index in [1.54, 1.807) is 6.20 Å². The molecule has 2 heterocycles. The van der Waals surface area contributed by atoms with Gasteiger partial charge in [0, 0.05) is 29.5 Å². The van der Waals surface area contributed by atoms with E-state index in [0.717, 1.165) is 29.4 Å². The second-order valence-corrected chi connectivity index (χ2v) is 6.12. The number of nitrogens with zero attached hydrogens (tertiary/aromatic N) is 2. The van der Waals surface area contributed by atoms with Crippen LogP contribution in [-0.4, -0.2) is 28.4 Å². The van der Waals surface area contributed by atoms with Crippen molar-refractivity contribution in [2.75, 3.05) is 11.9 Å². The summed E-state index contributed by atoms with van der Waals surface area (Å²) in [5, 5.41) is 12.2. The maximum Gasteiger partial charge on any atom is 0.0877 e. The SMILES string of the molecule is CC(CC1CCCN1)Nc1cc(Cl)ccc1-n1cccn1. The highest BCUT2D eigenvalue weighted by molar-refractivity contribution is 6.31. The van der Waals surface area contributed by atoms with E-state index < -0.39 is 0 Å². The highest BCUT2D eigenvalue weighted by atomic mass is 35.5. The summed E-state index contributed by atoms with van der Waals surface area (Å²) in [7, 11) is 0. The van der Waals surface area contributed by atoms with Crippen LogP contribution in [0.15, 0.2) is 36.7 Å². The molecule has 2 aromatic rings. The number of aromatic nitrogens is 2. The van der Waals surface area contributed by atoms with E-state index in [0.29, 0.717) is 12.1 Å². The summed E-state index contributed by atoms with van der Waals surface area (Å²) in [4.78, 5) is 0. The van der Waals surface area contributed by atoms with Crippen LogP contribution in [0.1, 0.15) is 26.2 Å². The number of hydrogen-bond acceptors (Lipinski definition) is 3. The third-order valence-corrected chi connectivity index (χ3v) is 4.15. The maximum absolute atomic E-state index is 6.15. The molecule has 0 amide bonds. The van der Waals surface area contributed by atoms with E-state index in [1.165, 1.54) is 12.8 Å². The molecule has 5 heteroatoms. The van der Waals surface area contributed by atoms with Crippen molar-refractivity contribution in [1.82, 2.24) is 15.1 Å². The van der Waals surface area contributed by atoms with Gasteiger partial charge in [-0.05, 0) is 57.0 Å². The Morgan fingerprint density at radius 3 is 3.14 bits per heavy atom. The molecule has 1 aromatic heterocycles. The molecular weight excluding hydrogens is 284 g/mol. The fourth-order valence-corrected chi connectivity index (χ4v) is 3.12. The molecule has 1 aromatic carbocycles. The van der Waals surface area contributed by atoms with Crippen LogP contribution in [-0.2, 0) is 0 Å². The number of nitrogens with one attached hydrogen (secondary N) is 2. The van der Waals surface area contributed by atoms with Crippen LogP contribution in [0.25, 0.3) is 5.69 Å². The van der Waals surface area contributed by atoms with Crippen LogP contribution in [0.5, 0.6) is 0 Å². The highest BCUT2D eigenvalue weighted by Crippen LogP contribution is 2.25. The molecule has 2 unspecified atom stereocenters. The lowest BCUT2D eigenvalue weighted by Gasteiger charge is -2.21. The molecule has 0 aliphatic carbocycles. The van der Waals surface area contributed by atoms with Gasteiger partial charge in [-0.1, -0.05) is 11.6 Å².